The van der Waals surface area contributed by atoms with E-state index in [2.05, 4.69) is 29.4 Å². The van der Waals surface area contributed by atoms with Gasteiger partial charge in [0.05, 0.1) is 19.7 Å². The lowest BCUT2D eigenvalue weighted by molar-refractivity contribution is 0.391. The molecule has 1 N–H and O–H groups in total. The van der Waals surface area contributed by atoms with E-state index < -0.39 is 0 Å². The molecule has 2 aromatic heterocycles. The first-order valence-electron chi connectivity index (χ1n) is 10.9. The maximum Gasteiger partial charge on any atom is 0.195 e. The van der Waals surface area contributed by atoms with Crippen molar-refractivity contribution in [1.82, 2.24) is 4.98 Å². The van der Waals surface area contributed by atoms with E-state index in [1.54, 1.807) is 25.6 Å². The molecule has 0 saturated carbocycles. The number of thiophene rings is 1. The first kappa shape index (κ1) is 21.9. The Hall–Kier alpha value is -3.90. The van der Waals surface area contributed by atoms with Gasteiger partial charge in [-0.3, -0.25) is 9.78 Å². The van der Waals surface area contributed by atoms with Crippen LogP contribution in [0.25, 0.3) is 32.1 Å². The molecule has 170 valence electrons. The molecule has 0 unspecified atom stereocenters. The first-order chi connectivity index (χ1) is 16.6. The number of aromatic nitrogens is 1. The fraction of sp³-hybridized carbons (Fsp3) is 0.143. The van der Waals surface area contributed by atoms with Gasteiger partial charge in [-0.25, -0.2) is 0 Å². The van der Waals surface area contributed by atoms with Gasteiger partial charge in [0.25, 0.3) is 0 Å². The molecule has 6 heteroatoms. The Bertz CT molecular complexity index is 1580. The zero-order chi connectivity index (χ0) is 23.7. The topological polar surface area (TPSA) is 60.5 Å². The molecule has 0 saturated heterocycles. The molecule has 0 spiro atoms. The smallest absolute Gasteiger partial charge is 0.195 e. The van der Waals surface area contributed by atoms with Crippen molar-refractivity contribution in [1.29, 1.82) is 0 Å². The zero-order valence-corrected chi connectivity index (χ0v) is 20.0. The van der Waals surface area contributed by atoms with Gasteiger partial charge in [-0.1, -0.05) is 12.1 Å². The van der Waals surface area contributed by atoms with Gasteiger partial charge < -0.3 is 14.8 Å². The SMILES string of the molecule is COc1ccc(CNc2ccc3ccc4ncc(-c5ccc(C)s5)cc4c(=O)c3c2)c(OC)c1. The van der Waals surface area contributed by atoms with Crippen LogP contribution in [0.2, 0.25) is 0 Å². The Labute approximate surface area is 201 Å². The summed E-state index contributed by atoms with van der Waals surface area (Å²) >= 11 is 1.70. The lowest BCUT2D eigenvalue weighted by Gasteiger charge is -2.12. The standard InChI is InChI=1S/C28H24N2O3S/c1-17-4-11-27(34-17)20-12-24-25(30-16-20)10-7-18-5-8-21(13-23(18)28(24)31)29-15-19-6-9-22(32-2)14-26(19)33-3/h4-14,16,29H,15H2,1-3H3. The molecule has 0 atom stereocenters. The molecule has 2 heterocycles. The number of nitrogens with zero attached hydrogens (tertiary/aromatic N) is 1. The second kappa shape index (κ2) is 9.15. The van der Waals surface area contributed by atoms with Crippen LogP contribution >= 0.6 is 11.3 Å². The van der Waals surface area contributed by atoms with E-state index in [9.17, 15) is 4.79 Å². The number of fused-ring (bicyclic) bond motifs is 2. The monoisotopic (exact) mass is 468 g/mol. The van der Waals surface area contributed by atoms with E-state index in [4.69, 9.17) is 9.47 Å². The molecule has 5 nitrogen and oxygen atoms in total. The van der Waals surface area contributed by atoms with Crippen LogP contribution in [0.15, 0.2) is 77.7 Å². The summed E-state index contributed by atoms with van der Waals surface area (Å²) < 4.78 is 10.8. The number of nitrogens with one attached hydrogen (secondary N) is 1. The summed E-state index contributed by atoms with van der Waals surface area (Å²) in [5.41, 5.74) is 3.48. The minimum absolute atomic E-state index is 0.0247. The molecule has 3 aromatic carbocycles. The molecule has 0 aliphatic rings. The van der Waals surface area contributed by atoms with Crippen molar-refractivity contribution in [3.63, 3.8) is 0 Å². The van der Waals surface area contributed by atoms with E-state index >= 15 is 0 Å². The van der Waals surface area contributed by atoms with Crippen LogP contribution in [-0.2, 0) is 6.54 Å². The molecular formula is C28H24N2O3S. The number of hydrogen-bond acceptors (Lipinski definition) is 6. The Morgan fingerprint density at radius 3 is 2.53 bits per heavy atom. The first-order valence-corrected chi connectivity index (χ1v) is 11.8. The lowest BCUT2D eigenvalue weighted by Crippen LogP contribution is -2.04. The molecule has 0 aliphatic heterocycles. The predicted molar refractivity (Wildman–Crippen MR) is 140 cm³/mol. The Morgan fingerprint density at radius 2 is 1.76 bits per heavy atom. The van der Waals surface area contributed by atoms with Gasteiger partial charge in [-0.05, 0) is 60.8 Å². The number of anilines is 1. The number of aryl methyl sites for hydroxylation is 1. The van der Waals surface area contributed by atoms with Crippen molar-refractivity contribution < 1.29 is 9.47 Å². The van der Waals surface area contributed by atoms with Crippen LogP contribution in [-0.4, -0.2) is 19.2 Å². The van der Waals surface area contributed by atoms with Crippen LogP contribution in [0.1, 0.15) is 10.4 Å². The summed E-state index contributed by atoms with van der Waals surface area (Å²) in [6.07, 6.45) is 1.84. The second-order valence-corrected chi connectivity index (χ2v) is 9.35. The zero-order valence-electron chi connectivity index (χ0n) is 19.2. The quantitative estimate of drug-likeness (QED) is 0.312. The summed E-state index contributed by atoms with van der Waals surface area (Å²) in [6, 6.07) is 21.6. The Balaban J connectivity index is 1.53. The third kappa shape index (κ3) is 4.20. The maximum atomic E-state index is 13.6. The normalized spacial score (nSPS) is 11.0. The number of pyridine rings is 1. The highest BCUT2D eigenvalue weighted by Gasteiger charge is 2.09. The molecule has 0 fully saturated rings. The highest BCUT2D eigenvalue weighted by molar-refractivity contribution is 7.15. The van der Waals surface area contributed by atoms with Crippen molar-refractivity contribution in [3.05, 3.63) is 93.6 Å². The average molecular weight is 469 g/mol. The lowest BCUT2D eigenvalue weighted by atomic mass is 10.1. The van der Waals surface area contributed by atoms with Crippen LogP contribution in [0.3, 0.4) is 0 Å². The highest BCUT2D eigenvalue weighted by atomic mass is 32.1. The molecule has 0 aliphatic carbocycles. The average Bonchev–Trinajstić information content (AvgIpc) is 3.26. The molecule has 0 amide bonds. The van der Waals surface area contributed by atoms with Gasteiger partial charge in [0.1, 0.15) is 11.5 Å². The third-order valence-corrected chi connectivity index (χ3v) is 6.93. The molecule has 0 radical (unpaired) electrons. The van der Waals surface area contributed by atoms with E-state index in [0.29, 0.717) is 22.8 Å². The van der Waals surface area contributed by atoms with E-state index in [-0.39, 0.29) is 5.43 Å². The summed E-state index contributed by atoms with van der Waals surface area (Å²) in [4.78, 5) is 20.5. The molecule has 34 heavy (non-hydrogen) atoms. The number of methoxy groups -OCH3 is 2. The van der Waals surface area contributed by atoms with Crippen molar-refractivity contribution in [2.45, 2.75) is 13.5 Å². The van der Waals surface area contributed by atoms with Gasteiger partial charge >= 0.3 is 0 Å². The summed E-state index contributed by atoms with van der Waals surface area (Å²) in [7, 11) is 3.27. The van der Waals surface area contributed by atoms with Crippen molar-refractivity contribution in [2.24, 2.45) is 0 Å². The summed E-state index contributed by atoms with van der Waals surface area (Å²) in [5, 5.41) is 5.57. The maximum absolute atomic E-state index is 13.6. The summed E-state index contributed by atoms with van der Waals surface area (Å²) in [5.74, 6) is 1.49. The number of hydrogen-bond donors (Lipinski definition) is 1. The molecule has 0 bridgehead atoms. The largest absolute Gasteiger partial charge is 0.497 e. The van der Waals surface area contributed by atoms with Crippen LogP contribution in [0, 0.1) is 6.92 Å². The number of ether oxygens (including phenoxy) is 2. The van der Waals surface area contributed by atoms with E-state index in [1.807, 2.05) is 60.8 Å². The van der Waals surface area contributed by atoms with Gasteiger partial charge in [0, 0.05) is 56.1 Å². The van der Waals surface area contributed by atoms with Gasteiger partial charge in [-0.2, -0.15) is 0 Å². The second-order valence-electron chi connectivity index (χ2n) is 8.06. The van der Waals surface area contributed by atoms with Gasteiger partial charge in [-0.15, -0.1) is 11.3 Å². The molecule has 5 rings (SSSR count). The minimum atomic E-state index is -0.0247. The van der Waals surface area contributed by atoms with E-state index in [1.165, 1.54) is 4.88 Å². The van der Waals surface area contributed by atoms with Crippen molar-refractivity contribution >= 4 is 38.7 Å². The minimum Gasteiger partial charge on any atom is -0.497 e. The fourth-order valence-corrected chi connectivity index (χ4v) is 4.88. The Morgan fingerprint density at radius 1 is 0.912 bits per heavy atom. The summed E-state index contributed by atoms with van der Waals surface area (Å²) in [6.45, 7) is 2.63. The highest BCUT2D eigenvalue weighted by Crippen LogP contribution is 2.29. The number of rotatable bonds is 6. The van der Waals surface area contributed by atoms with Crippen molar-refractivity contribution in [2.75, 3.05) is 19.5 Å². The molecular weight excluding hydrogens is 444 g/mol. The number of benzene rings is 2. The third-order valence-electron chi connectivity index (χ3n) is 5.88. The van der Waals surface area contributed by atoms with Crippen LogP contribution < -0.4 is 20.2 Å². The Kier molecular flexibility index (Phi) is 5.90. The van der Waals surface area contributed by atoms with Gasteiger partial charge in [0.15, 0.2) is 5.43 Å². The predicted octanol–water partition coefficient (Wildman–Crippen LogP) is 6.41. The van der Waals surface area contributed by atoms with Crippen molar-refractivity contribution in [3.8, 4) is 21.9 Å². The van der Waals surface area contributed by atoms with Crippen LogP contribution in [0.5, 0.6) is 11.5 Å². The van der Waals surface area contributed by atoms with E-state index in [0.717, 1.165) is 38.6 Å². The van der Waals surface area contributed by atoms with Crippen LogP contribution in [0.4, 0.5) is 5.69 Å². The molecule has 5 aromatic rings. The van der Waals surface area contributed by atoms with Gasteiger partial charge in [0.2, 0.25) is 0 Å². The fourth-order valence-electron chi connectivity index (χ4n) is 4.03.